The van der Waals surface area contributed by atoms with Gasteiger partial charge in [-0.2, -0.15) is 0 Å². The van der Waals surface area contributed by atoms with E-state index in [1.165, 1.54) is 5.56 Å². The van der Waals surface area contributed by atoms with Crippen molar-refractivity contribution in [1.29, 1.82) is 0 Å². The number of nitrogens with zero attached hydrogens (tertiary/aromatic N) is 2. The predicted octanol–water partition coefficient (Wildman–Crippen LogP) is 1.98. The van der Waals surface area contributed by atoms with Gasteiger partial charge in [-0.1, -0.05) is 0 Å². The summed E-state index contributed by atoms with van der Waals surface area (Å²) in [6.45, 7) is 4.10. The quantitative estimate of drug-likeness (QED) is 0.864. The molecule has 3 N–H and O–H groups in total. The molecule has 0 amide bonds. The number of nitrogens with two attached hydrogens (primary N) is 1. The molecule has 0 saturated carbocycles. The third kappa shape index (κ3) is 2.19. The Labute approximate surface area is 107 Å². The van der Waals surface area contributed by atoms with Crippen LogP contribution in [-0.2, 0) is 0 Å². The Hall–Kier alpha value is -1.94. The molecule has 0 saturated heterocycles. The van der Waals surface area contributed by atoms with Gasteiger partial charge in [-0.05, 0) is 49.7 Å². The summed E-state index contributed by atoms with van der Waals surface area (Å²) in [7, 11) is 1.93. The maximum atomic E-state index is 6.02. The van der Waals surface area contributed by atoms with Crippen LogP contribution >= 0.6 is 0 Å². The average molecular weight is 242 g/mol. The standard InChI is InChI=1S/C14H18N4/c1-9-4-7-18-14(15)12(9)13(16-3)11-5-6-17-8-10(11)2/h4-8,13,16H,1-3H3,(H2,15,18). The van der Waals surface area contributed by atoms with Crippen molar-refractivity contribution in [2.75, 3.05) is 12.8 Å². The molecule has 2 rings (SSSR count). The van der Waals surface area contributed by atoms with Crippen LogP contribution in [0, 0.1) is 13.8 Å². The highest BCUT2D eigenvalue weighted by molar-refractivity contribution is 5.50. The molecule has 4 nitrogen and oxygen atoms in total. The van der Waals surface area contributed by atoms with Crippen LogP contribution in [0.5, 0.6) is 0 Å². The van der Waals surface area contributed by atoms with Gasteiger partial charge in [0.1, 0.15) is 5.82 Å². The van der Waals surface area contributed by atoms with E-state index in [1.54, 1.807) is 12.4 Å². The van der Waals surface area contributed by atoms with Crippen molar-refractivity contribution < 1.29 is 0 Å². The number of nitrogen functional groups attached to an aromatic ring is 1. The summed E-state index contributed by atoms with van der Waals surface area (Å²) in [6, 6.07) is 4.04. The molecule has 0 bridgehead atoms. The minimum absolute atomic E-state index is 0.0432. The molecule has 0 aliphatic rings. The molecule has 0 spiro atoms. The van der Waals surface area contributed by atoms with Gasteiger partial charge < -0.3 is 11.1 Å². The first kappa shape index (κ1) is 12.5. The first-order valence-electron chi connectivity index (χ1n) is 5.94. The number of aromatic nitrogens is 2. The zero-order valence-corrected chi connectivity index (χ0v) is 10.9. The van der Waals surface area contributed by atoms with Crippen LogP contribution in [0.1, 0.15) is 28.3 Å². The maximum absolute atomic E-state index is 6.02. The highest BCUT2D eigenvalue weighted by Gasteiger charge is 2.19. The molecule has 1 unspecified atom stereocenters. The van der Waals surface area contributed by atoms with Gasteiger partial charge in [-0.15, -0.1) is 0 Å². The molecule has 2 heterocycles. The molecule has 0 fully saturated rings. The summed E-state index contributed by atoms with van der Waals surface area (Å²) in [5.74, 6) is 0.575. The first-order valence-corrected chi connectivity index (χ1v) is 5.94. The molecule has 1 atom stereocenters. The van der Waals surface area contributed by atoms with Crippen LogP contribution in [0.15, 0.2) is 30.7 Å². The van der Waals surface area contributed by atoms with E-state index in [1.807, 2.05) is 32.3 Å². The summed E-state index contributed by atoms with van der Waals surface area (Å²) in [5.41, 5.74) is 10.5. The van der Waals surface area contributed by atoms with E-state index in [4.69, 9.17) is 5.73 Å². The Kier molecular flexibility index (Phi) is 3.58. The summed E-state index contributed by atoms with van der Waals surface area (Å²) in [5, 5.41) is 3.31. The Morgan fingerprint density at radius 3 is 2.56 bits per heavy atom. The lowest BCUT2D eigenvalue weighted by molar-refractivity contribution is 0.681. The normalized spacial score (nSPS) is 12.4. The fraction of sp³-hybridized carbons (Fsp3) is 0.286. The van der Waals surface area contributed by atoms with E-state index in [0.717, 1.165) is 16.7 Å². The van der Waals surface area contributed by atoms with Crippen molar-refractivity contribution in [1.82, 2.24) is 15.3 Å². The molecule has 0 radical (unpaired) electrons. The van der Waals surface area contributed by atoms with E-state index >= 15 is 0 Å². The zero-order valence-electron chi connectivity index (χ0n) is 10.9. The van der Waals surface area contributed by atoms with E-state index in [2.05, 4.69) is 22.2 Å². The number of hydrogen-bond acceptors (Lipinski definition) is 4. The Morgan fingerprint density at radius 1 is 1.17 bits per heavy atom. The number of anilines is 1. The Balaban J connectivity index is 2.56. The second-order valence-electron chi connectivity index (χ2n) is 4.38. The fourth-order valence-electron chi connectivity index (χ4n) is 2.23. The third-order valence-corrected chi connectivity index (χ3v) is 3.19. The fourth-order valence-corrected chi connectivity index (χ4v) is 2.23. The number of nitrogens with one attached hydrogen (secondary N) is 1. The van der Waals surface area contributed by atoms with Crippen molar-refractivity contribution in [2.45, 2.75) is 19.9 Å². The highest BCUT2D eigenvalue weighted by atomic mass is 14.9. The first-order chi connectivity index (χ1) is 8.65. The smallest absolute Gasteiger partial charge is 0.128 e. The number of rotatable bonds is 3. The Bertz CT molecular complexity index is 531. The van der Waals surface area contributed by atoms with Gasteiger partial charge in [-0.3, -0.25) is 4.98 Å². The molecule has 94 valence electrons. The molecular weight excluding hydrogens is 224 g/mol. The van der Waals surface area contributed by atoms with Gasteiger partial charge in [-0.25, -0.2) is 4.98 Å². The van der Waals surface area contributed by atoms with E-state index in [9.17, 15) is 0 Å². The van der Waals surface area contributed by atoms with Crippen LogP contribution in [0.4, 0.5) is 5.82 Å². The van der Waals surface area contributed by atoms with Crippen molar-refractivity contribution in [2.24, 2.45) is 0 Å². The van der Waals surface area contributed by atoms with Crippen LogP contribution in [-0.4, -0.2) is 17.0 Å². The van der Waals surface area contributed by atoms with Crippen molar-refractivity contribution in [3.05, 3.63) is 53.0 Å². The number of pyridine rings is 2. The highest BCUT2D eigenvalue weighted by Crippen LogP contribution is 2.29. The molecule has 2 aromatic heterocycles. The average Bonchev–Trinajstić information content (AvgIpc) is 2.35. The molecular formula is C14H18N4. The van der Waals surface area contributed by atoms with Crippen LogP contribution in [0.3, 0.4) is 0 Å². The molecule has 4 heteroatoms. The largest absolute Gasteiger partial charge is 0.383 e. The lowest BCUT2D eigenvalue weighted by Gasteiger charge is -2.21. The molecule has 0 aliphatic heterocycles. The summed E-state index contributed by atoms with van der Waals surface area (Å²) < 4.78 is 0. The summed E-state index contributed by atoms with van der Waals surface area (Å²) in [4.78, 5) is 8.31. The molecule has 18 heavy (non-hydrogen) atoms. The third-order valence-electron chi connectivity index (χ3n) is 3.19. The van der Waals surface area contributed by atoms with E-state index in [-0.39, 0.29) is 6.04 Å². The summed E-state index contributed by atoms with van der Waals surface area (Å²) in [6.07, 6.45) is 5.40. The van der Waals surface area contributed by atoms with Crippen LogP contribution in [0.25, 0.3) is 0 Å². The predicted molar refractivity (Wildman–Crippen MR) is 73.3 cm³/mol. The SMILES string of the molecule is CNC(c1ccncc1C)c1c(C)ccnc1N. The monoisotopic (exact) mass is 242 g/mol. The van der Waals surface area contributed by atoms with Crippen molar-refractivity contribution in [3.8, 4) is 0 Å². The van der Waals surface area contributed by atoms with E-state index in [0.29, 0.717) is 5.82 Å². The number of aryl methyl sites for hydroxylation is 2. The van der Waals surface area contributed by atoms with Crippen molar-refractivity contribution >= 4 is 5.82 Å². The minimum Gasteiger partial charge on any atom is -0.383 e. The second-order valence-corrected chi connectivity index (χ2v) is 4.38. The van der Waals surface area contributed by atoms with Crippen LogP contribution in [0.2, 0.25) is 0 Å². The van der Waals surface area contributed by atoms with Crippen molar-refractivity contribution in [3.63, 3.8) is 0 Å². The van der Waals surface area contributed by atoms with Gasteiger partial charge >= 0.3 is 0 Å². The lowest BCUT2D eigenvalue weighted by Crippen LogP contribution is -2.21. The number of hydrogen-bond donors (Lipinski definition) is 2. The van der Waals surface area contributed by atoms with Crippen LogP contribution < -0.4 is 11.1 Å². The van der Waals surface area contributed by atoms with Gasteiger partial charge in [0.25, 0.3) is 0 Å². The zero-order chi connectivity index (χ0) is 13.1. The van der Waals surface area contributed by atoms with Gasteiger partial charge in [0, 0.05) is 24.2 Å². The van der Waals surface area contributed by atoms with E-state index < -0.39 is 0 Å². The molecule has 2 aromatic rings. The molecule has 0 aliphatic carbocycles. The molecule has 0 aromatic carbocycles. The van der Waals surface area contributed by atoms with Gasteiger partial charge in [0.05, 0.1) is 6.04 Å². The second kappa shape index (κ2) is 5.14. The maximum Gasteiger partial charge on any atom is 0.128 e. The van der Waals surface area contributed by atoms with Gasteiger partial charge in [0.2, 0.25) is 0 Å². The minimum atomic E-state index is 0.0432. The lowest BCUT2D eigenvalue weighted by atomic mass is 9.94. The summed E-state index contributed by atoms with van der Waals surface area (Å²) >= 11 is 0. The van der Waals surface area contributed by atoms with Gasteiger partial charge in [0.15, 0.2) is 0 Å². The Morgan fingerprint density at radius 2 is 1.94 bits per heavy atom. The topological polar surface area (TPSA) is 63.8 Å².